The molecule has 0 aliphatic carbocycles. The number of phenols is 1. The van der Waals surface area contributed by atoms with Crippen LogP contribution in [0.3, 0.4) is 0 Å². The number of aliphatic hydroxyl groups excluding tert-OH is 1. The molecule has 1 aromatic carbocycles. The summed E-state index contributed by atoms with van der Waals surface area (Å²) >= 11 is 0. The maximum absolute atomic E-state index is 14.0. The zero-order valence-electron chi connectivity index (χ0n) is 40.3. The molecule has 0 unspecified atom stereocenters. The van der Waals surface area contributed by atoms with Gasteiger partial charge in [-0.2, -0.15) is 0 Å². The first-order valence-electron chi connectivity index (χ1n) is 22.8. The molecular weight excluding hydrogens is 973 g/mol. The van der Waals surface area contributed by atoms with Crippen LogP contribution >= 0.6 is 0 Å². The van der Waals surface area contributed by atoms with Gasteiger partial charge in [0.1, 0.15) is 54.1 Å². The van der Waals surface area contributed by atoms with Crippen LogP contribution in [0, 0.1) is 5.92 Å². The number of aliphatic carboxylic acids is 4. The van der Waals surface area contributed by atoms with Crippen LogP contribution in [0.5, 0.6) is 5.75 Å². The molecule has 0 aliphatic rings. The summed E-state index contributed by atoms with van der Waals surface area (Å²) < 4.78 is 0. The van der Waals surface area contributed by atoms with E-state index in [1.54, 1.807) is 13.8 Å². The second kappa shape index (κ2) is 31.4. The maximum Gasteiger partial charge on any atom is 0.326 e. The minimum absolute atomic E-state index is 0.0149. The van der Waals surface area contributed by atoms with Crippen LogP contribution < -0.4 is 54.4 Å². The average Bonchev–Trinajstić information content (AvgIpc) is 3.29. The highest BCUT2D eigenvalue weighted by atomic mass is 16.4. The van der Waals surface area contributed by atoms with Gasteiger partial charge in [0.05, 0.1) is 6.10 Å². The maximum atomic E-state index is 14.0. The molecule has 0 spiro atoms. The Balaban J connectivity index is 3.64. The molecule has 1 rings (SSSR count). The molecule has 9 atom stereocenters. The zero-order chi connectivity index (χ0) is 55.7. The van der Waals surface area contributed by atoms with E-state index < -0.39 is 196 Å². The fourth-order valence-corrected chi connectivity index (χ4v) is 6.61. The average molecular weight is 1040 g/mol. The topological polar surface area (TPSA) is 506 Å². The second-order valence-corrected chi connectivity index (χ2v) is 17.3. The van der Waals surface area contributed by atoms with E-state index in [2.05, 4.69) is 37.2 Å². The van der Waals surface area contributed by atoms with Crippen molar-refractivity contribution in [2.24, 2.45) is 23.1 Å². The summed E-state index contributed by atoms with van der Waals surface area (Å²) in [5.74, 6) is -16.5. The van der Waals surface area contributed by atoms with Crippen molar-refractivity contribution in [3.05, 3.63) is 29.8 Å². The van der Waals surface area contributed by atoms with Crippen molar-refractivity contribution in [3.63, 3.8) is 0 Å². The summed E-state index contributed by atoms with van der Waals surface area (Å²) in [5, 5.41) is 73.2. The quantitative estimate of drug-likeness (QED) is 0.0304. The van der Waals surface area contributed by atoms with Crippen LogP contribution in [0.2, 0.25) is 0 Å². The molecule has 0 heterocycles. The molecule has 0 aliphatic heterocycles. The van der Waals surface area contributed by atoms with Crippen molar-refractivity contribution in [2.45, 2.75) is 152 Å². The van der Waals surface area contributed by atoms with E-state index in [0.29, 0.717) is 5.56 Å². The minimum Gasteiger partial charge on any atom is -0.508 e. The highest BCUT2D eigenvalue weighted by molar-refractivity contribution is 5.98. The van der Waals surface area contributed by atoms with E-state index in [1.807, 2.05) is 0 Å². The summed E-state index contributed by atoms with van der Waals surface area (Å²) in [5.41, 5.74) is 16.6. The van der Waals surface area contributed by atoms with Gasteiger partial charge in [-0.1, -0.05) is 26.0 Å². The normalized spacial score (nSPS) is 14.7. The Hall–Kier alpha value is -7.95. The number of carboxylic acids is 4. The van der Waals surface area contributed by atoms with Gasteiger partial charge in [-0.3, -0.25) is 57.5 Å². The van der Waals surface area contributed by atoms with E-state index in [1.165, 1.54) is 24.3 Å². The molecule has 0 aromatic heterocycles. The van der Waals surface area contributed by atoms with Crippen LogP contribution in [0.15, 0.2) is 24.3 Å². The number of aromatic hydroxyl groups is 1. The molecule has 0 fully saturated rings. The van der Waals surface area contributed by atoms with Crippen LogP contribution in [0.1, 0.15) is 97.0 Å². The Morgan fingerprint density at radius 2 is 0.740 bits per heavy atom. The number of benzene rings is 1. The Morgan fingerprint density at radius 1 is 0.452 bits per heavy atom. The monoisotopic (exact) mass is 1040 g/mol. The zero-order valence-corrected chi connectivity index (χ0v) is 40.3. The lowest BCUT2D eigenvalue weighted by Crippen LogP contribution is -2.60. The Kier molecular flexibility index (Phi) is 27.1. The highest BCUT2D eigenvalue weighted by Crippen LogP contribution is 2.14. The summed E-state index contributed by atoms with van der Waals surface area (Å²) in [6, 6.07) is -8.38. The van der Waals surface area contributed by atoms with Gasteiger partial charge >= 0.3 is 23.9 Å². The SMILES string of the molecule is CC(C)C[C@H](NC(=O)[C@H](Cc1ccc(O)cc1)NC(=O)[C@H](CCC(N)=O)NC(=O)[C@H](CCC(N)=O)NC(=O)[C@H](CCC(=O)O)NC(=O)[C@H](CCC(=O)O)NC(=O)[C@H](CCC(=O)O)NC(=O)[C@@H](N)[C@@H](C)O)C(=O)O. The number of carboxylic acid groups (broad SMARTS) is 4. The largest absolute Gasteiger partial charge is 0.508 e. The number of phenolic OH excluding ortho intramolecular Hbond substituents is 1. The molecule has 0 radical (unpaired) electrons. The first kappa shape index (κ1) is 63.1. The van der Waals surface area contributed by atoms with Crippen molar-refractivity contribution in [3.8, 4) is 5.75 Å². The molecule has 9 amide bonds. The van der Waals surface area contributed by atoms with Gasteiger partial charge < -0.3 is 85.1 Å². The standard InChI is InChI=1S/C44H66N10O19/c1-20(2)18-30(44(72)73)54-42(70)29(19-22-4-6-23(56)7-5-22)53-41(69)25(9-14-32(46)58)49-37(65)24(8-13-31(45)57)48-38(66)26(10-15-33(59)60)50-39(67)27(11-16-34(61)62)51-40(68)28(12-17-35(63)64)52-43(71)36(47)21(3)55/h4-7,20-21,24-30,36,55-56H,8-19,47H2,1-3H3,(H2,45,57)(H2,46,58)(H,48,66)(H,49,65)(H,50,67)(H,51,68)(H,52,71)(H,53,69)(H,54,70)(H,59,60)(H,61,62)(H,63,64)(H,72,73)/t21-,24+,25+,26+,27+,28+,29+,30+,36+/m1/s1. The molecule has 0 bridgehead atoms. The molecule has 406 valence electrons. The van der Waals surface area contributed by atoms with E-state index in [-0.39, 0.29) is 24.5 Å². The predicted molar refractivity (Wildman–Crippen MR) is 250 cm³/mol. The highest BCUT2D eigenvalue weighted by Gasteiger charge is 2.35. The van der Waals surface area contributed by atoms with E-state index >= 15 is 0 Å². The molecular formula is C44H66N10O19. The van der Waals surface area contributed by atoms with Crippen molar-refractivity contribution in [2.75, 3.05) is 0 Å². The number of nitrogens with one attached hydrogen (secondary N) is 7. The van der Waals surface area contributed by atoms with Gasteiger partial charge in [-0.05, 0) is 69.1 Å². The number of rotatable bonds is 35. The number of aliphatic hydroxyl groups is 1. The third-order valence-electron chi connectivity index (χ3n) is 10.6. The van der Waals surface area contributed by atoms with Crippen LogP contribution in [-0.2, 0) is 68.7 Å². The number of carbonyl (C=O) groups is 13. The van der Waals surface area contributed by atoms with Gasteiger partial charge in [0.15, 0.2) is 0 Å². The lowest BCUT2D eigenvalue weighted by atomic mass is 10.0. The first-order chi connectivity index (χ1) is 34.0. The van der Waals surface area contributed by atoms with Gasteiger partial charge in [0.2, 0.25) is 53.2 Å². The van der Waals surface area contributed by atoms with Crippen LogP contribution in [-0.4, -0.2) is 162 Å². The Morgan fingerprint density at radius 3 is 1.03 bits per heavy atom. The van der Waals surface area contributed by atoms with E-state index in [9.17, 15) is 93.0 Å². The summed E-state index contributed by atoms with van der Waals surface area (Å²) in [6.45, 7) is 4.55. The Labute approximate surface area is 417 Å². The molecule has 1 aromatic rings. The van der Waals surface area contributed by atoms with Gasteiger partial charge in [-0.25, -0.2) is 4.79 Å². The number of carbonyl (C=O) groups excluding carboxylic acids is 9. The number of hydrogen-bond donors (Lipinski definition) is 16. The molecule has 73 heavy (non-hydrogen) atoms. The molecule has 0 saturated heterocycles. The number of nitrogens with two attached hydrogens (primary N) is 3. The van der Waals surface area contributed by atoms with Crippen molar-refractivity contribution >= 4 is 77.0 Å². The molecule has 29 nitrogen and oxygen atoms in total. The van der Waals surface area contributed by atoms with Crippen LogP contribution in [0.4, 0.5) is 0 Å². The van der Waals surface area contributed by atoms with E-state index in [0.717, 1.165) is 6.92 Å². The lowest BCUT2D eigenvalue weighted by Gasteiger charge is -2.28. The second-order valence-electron chi connectivity index (χ2n) is 17.3. The molecule has 19 N–H and O–H groups in total. The van der Waals surface area contributed by atoms with Crippen molar-refractivity contribution in [1.29, 1.82) is 0 Å². The van der Waals surface area contributed by atoms with Gasteiger partial charge in [0.25, 0.3) is 0 Å². The number of hydrogen-bond acceptors (Lipinski definition) is 16. The smallest absolute Gasteiger partial charge is 0.326 e. The number of primary amides is 2. The first-order valence-corrected chi connectivity index (χ1v) is 22.8. The summed E-state index contributed by atoms with van der Waals surface area (Å²) in [4.78, 5) is 166. The van der Waals surface area contributed by atoms with Crippen LogP contribution in [0.25, 0.3) is 0 Å². The minimum atomic E-state index is -1.93. The lowest BCUT2D eigenvalue weighted by molar-refractivity contribution is -0.143. The third-order valence-corrected chi connectivity index (χ3v) is 10.6. The van der Waals surface area contributed by atoms with Crippen molar-refractivity contribution < 1.29 is 93.0 Å². The van der Waals surface area contributed by atoms with Gasteiger partial charge in [0, 0.05) is 38.5 Å². The third kappa shape index (κ3) is 25.1. The summed E-state index contributed by atoms with van der Waals surface area (Å²) in [6.07, 6.45) is -8.52. The van der Waals surface area contributed by atoms with Gasteiger partial charge in [-0.15, -0.1) is 0 Å². The predicted octanol–water partition coefficient (Wildman–Crippen LogP) is -4.71. The summed E-state index contributed by atoms with van der Waals surface area (Å²) in [7, 11) is 0. The molecule has 0 saturated carbocycles. The fraction of sp³-hybridized carbons (Fsp3) is 0.568. The number of amides is 9. The molecule has 29 heteroatoms. The van der Waals surface area contributed by atoms with Crippen molar-refractivity contribution in [1.82, 2.24) is 37.2 Å². The fourth-order valence-electron chi connectivity index (χ4n) is 6.61. The Bertz CT molecular complexity index is 2160. The van der Waals surface area contributed by atoms with E-state index in [4.69, 9.17) is 17.2 Å².